The summed E-state index contributed by atoms with van der Waals surface area (Å²) in [6.45, 7) is 7.62. The van der Waals surface area contributed by atoms with E-state index in [1.54, 1.807) is 18.2 Å². The van der Waals surface area contributed by atoms with Crippen molar-refractivity contribution < 1.29 is 14.3 Å². The molecule has 6 nitrogen and oxygen atoms in total. The molecule has 1 saturated carbocycles. The second-order valence-corrected chi connectivity index (χ2v) is 4.94. The summed E-state index contributed by atoms with van der Waals surface area (Å²) in [5.41, 5.74) is 1.16. The van der Waals surface area contributed by atoms with Crippen molar-refractivity contribution in [2.75, 3.05) is 19.7 Å². The second kappa shape index (κ2) is 6.88. The zero-order valence-corrected chi connectivity index (χ0v) is 11.9. The van der Waals surface area contributed by atoms with Crippen molar-refractivity contribution in [2.45, 2.75) is 18.8 Å². The van der Waals surface area contributed by atoms with Crippen molar-refractivity contribution in [3.63, 3.8) is 0 Å². The second-order valence-electron chi connectivity index (χ2n) is 4.94. The fraction of sp³-hybridized carbons (Fsp3) is 0.400. The summed E-state index contributed by atoms with van der Waals surface area (Å²) in [5.74, 6) is -0.402. The number of rotatable bonds is 8. The van der Waals surface area contributed by atoms with Crippen LogP contribution in [0.25, 0.3) is 0 Å². The van der Waals surface area contributed by atoms with E-state index in [1.165, 1.54) is 4.90 Å². The standard InChI is InChI=1S/C15H19N3O3/c1-3-7-18(8-4-2)14(19)10-21-15(20)13-9-12(16-17-13)11-5-6-11/h3-4,9,11H,1-2,5-8,10H2,(H,16,17). The van der Waals surface area contributed by atoms with Gasteiger partial charge in [0.15, 0.2) is 12.3 Å². The number of nitrogens with one attached hydrogen (secondary N) is 1. The molecular formula is C15H19N3O3. The Balaban J connectivity index is 1.85. The first kappa shape index (κ1) is 15.0. The molecule has 0 aliphatic heterocycles. The normalized spacial score (nSPS) is 13.5. The van der Waals surface area contributed by atoms with Gasteiger partial charge in [-0.1, -0.05) is 12.2 Å². The van der Waals surface area contributed by atoms with Gasteiger partial charge >= 0.3 is 5.97 Å². The minimum atomic E-state index is -0.594. The quantitative estimate of drug-likeness (QED) is 0.583. The lowest BCUT2D eigenvalue weighted by atomic mass is 10.3. The molecular weight excluding hydrogens is 270 g/mol. The number of carbonyl (C=O) groups is 2. The molecule has 112 valence electrons. The molecule has 1 aromatic rings. The van der Waals surface area contributed by atoms with Gasteiger partial charge in [-0.3, -0.25) is 9.89 Å². The van der Waals surface area contributed by atoms with Crippen molar-refractivity contribution in [1.82, 2.24) is 15.1 Å². The van der Waals surface area contributed by atoms with Crippen LogP contribution in [0.15, 0.2) is 31.4 Å². The summed E-state index contributed by atoms with van der Waals surface area (Å²) in [5, 5.41) is 6.74. The third-order valence-electron chi connectivity index (χ3n) is 3.20. The number of esters is 1. The van der Waals surface area contributed by atoms with Gasteiger partial charge in [0.1, 0.15) is 0 Å². The van der Waals surface area contributed by atoms with Gasteiger partial charge in [-0.25, -0.2) is 4.79 Å². The first-order chi connectivity index (χ1) is 10.2. The predicted octanol–water partition coefficient (Wildman–Crippen LogP) is 1.64. The fourth-order valence-electron chi connectivity index (χ4n) is 1.93. The lowest BCUT2D eigenvalue weighted by Gasteiger charge is -2.18. The Morgan fingerprint density at radius 3 is 2.62 bits per heavy atom. The number of hydrogen-bond donors (Lipinski definition) is 1. The predicted molar refractivity (Wildman–Crippen MR) is 77.8 cm³/mol. The zero-order valence-electron chi connectivity index (χ0n) is 11.9. The Morgan fingerprint density at radius 1 is 1.38 bits per heavy atom. The maximum atomic E-state index is 11.9. The van der Waals surface area contributed by atoms with E-state index in [2.05, 4.69) is 23.4 Å². The van der Waals surface area contributed by atoms with E-state index >= 15 is 0 Å². The van der Waals surface area contributed by atoms with Crippen molar-refractivity contribution in [3.05, 3.63) is 42.8 Å². The molecule has 0 bridgehead atoms. The molecule has 0 unspecified atom stereocenters. The van der Waals surface area contributed by atoms with Crippen LogP contribution in [-0.4, -0.2) is 46.7 Å². The van der Waals surface area contributed by atoms with Crippen LogP contribution in [0.3, 0.4) is 0 Å². The topological polar surface area (TPSA) is 75.3 Å². The molecule has 1 aliphatic rings. The molecule has 1 aliphatic carbocycles. The van der Waals surface area contributed by atoms with E-state index in [0.717, 1.165) is 18.5 Å². The summed E-state index contributed by atoms with van der Waals surface area (Å²) in [6, 6.07) is 1.69. The van der Waals surface area contributed by atoms with Crippen LogP contribution in [0.1, 0.15) is 34.9 Å². The number of amides is 1. The van der Waals surface area contributed by atoms with Gasteiger partial charge in [0.2, 0.25) is 0 Å². The number of hydrogen-bond acceptors (Lipinski definition) is 4. The smallest absolute Gasteiger partial charge is 0.359 e. The number of ether oxygens (including phenoxy) is 1. The fourth-order valence-corrected chi connectivity index (χ4v) is 1.93. The van der Waals surface area contributed by atoms with Crippen molar-refractivity contribution in [3.8, 4) is 0 Å². The minimum Gasteiger partial charge on any atom is -0.451 e. The van der Waals surface area contributed by atoms with Gasteiger partial charge in [-0.2, -0.15) is 5.10 Å². The van der Waals surface area contributed by atoms with E-state index < -0.39 is 5.97 Å². The average molecular weight is 289 g/mol. The summed E-state index contributed by atoms with van der Waals surface area (Å²) >= 11 is 0. The highest BCUT2D eigenvalue weighted by molar-refractivity contribution is 5.89. The number of nitrogens with zero attached hydrogens (tertiary/aromatic N) is 2. The zero-order chi connectivity index (χ0) is 15.2. The molecule has 1 heterocycles. The molecule has 1 aromatic heterocycles. The third-order valence-corrected chi connectivity index (χ3v) is 3.20. The maximum absolute atomic E-state index is 11.9. The van der Waals surface area contributed by atoms with Crippen LogP contribution in [0.5, 0.6) is 0 Å². The highest BCUT2D eigenvalue weighted by Crippen LogP contribution is 2.38. The van der Waals surface area contributed by atoms with Crippen LogP contribution < -0.4 is 0 Å². The first-order valence-electron chi connectivity index (χ1n) is 6.87. The number of H-pyrrole nitrogens is 1. The Kier molecular flexibility index (Phi) is 4.92. The van der Waals surface area contributed by atoms with E-state index in [4.69, 9.17) is 4.74 Å². The van der Waals surface area contributed by atoms with E-state index in [0.29, 0.717) is 19.0 Å². The Hall–Kier alpha value is -2.37. The number of aromatic nitrogens is 2. The Labute approximate surface area is 123 Å². The lowest BCUT2D eigenvalue weighted by molar-refractivity contribution is -0.133. The molecule has 0 atom stereocenters. The van der Waals surface area contributed by atoms with Gasteiger partial charge in [-0.15, -0.1) is 13.2 Å². The van der Waals surface area contributed by atoms with Crippen LogP contribution in [-0.2, 0) is 9.53 Å². The molecule has 1 N–H and O–H groups in total. The Morgan fingerprint density at radius 2 is 2.05 bits per heavy atom. The van der Waals surface area contributed by atoms with E-state index in [1.807, 2.05) is 0 Å². The molecule has 0 saturated heterocycles. The average Bonchev–Trinajstić information content (AvgIpc) is 3.21. The molecule has 6 heteroatoms. The van der Waals surface area contributed by atoms with Crippen LogP contribution >= 0.6 is 0 Å². The summed E-state index contributed by atoms with van der Waals surface area (Å²) < 4.78 is 5.00. The van der Waals surface area contributed by atoms with Crippen LogP contribution in [0, 0.1) is 0 Å². The van der Waals surface area contributed by atoms with Gasteiger partial charge < -0.3 is 9.64 Å². The minimum absolute atomic E-state index is 0.212. The van der Waals surface area contributed by atoms with Gasteiger partial charge in [-0.05, 0) is 18.9 Å². The lowest BCUT2D eigenvalue weighted by Crippen LogP contribution is -2.35. The largest absolute Gasteiger partial charge is 0.451 e. The van der Waals surface area contributed by atoms with E-state index in [-0.39, 0.29) is 18.2 Å². The molecule has 21 heavy (non-hydrogen) atoms. The highest BCUT2D eigenvalue weighted by atomic mass is 16.5. The molecule has 0 radical (unpaired) electrons. The summed E-state index contributed by atoms with van der Waals surface area (Å²) in [7, 11) is 0. The first-order valence-corrected chi connectivity index (χ1v) is 6.87. The monoisotopic (exact) mass is 289 g/mol. The van der Waals surface area contributed by atoms with Crippen LogP contribution in [0.4, 0.5) is 0 Å². The highest BCUT2D eigenvalue weighted by Gasteiger charge is 2.27. The maximum Gasteiger partial charge on any atom is 0.359 e. The Bertz CT molecular complexity index is 536. The van der Waals surface area contributed by atoms with Crippen LogP contribution in [0.2, 0.25) is 0 Å². The summed E-state index contributed by atoms with van der Waals surface area (Å²) in [6.07, 6.45) is 5.46. The van der Waals surface area contributed by atoms with Gasteiger partial charge in [0.05, 0.1) is 0 Å². The van der Waals surface area contributed by atoms with Crippen molar-refractivity contribution in [1.29, 1.82) is 0 Å². The number of aromatic amines is 1. The van der Waals surface area contributed by atoms with E-state index in [9.17, 15) is 9.59 Å². The van der Waals surface area contributed by atoms with Crippen molar-refractivity contribution in [2.24, 2.45) is 0 Å². The SMILES string of the molecule is C=CCN(CC=C)C(=O)COC(=O)c1cc(C2CC2)[nH]n1. The third kappa shape index (κ3) is 4.05. The van der Waals surface area contributed by atoms with Gasteiger partial charge in [0, 0.05) is 24.7 Å². The van der Waals surface area contributed by atoms with Gasteiger partial charge in [0.25, 0.3) is 5.91 Å². The molecule has 0 spiro atoms. The molecule has 0 aromatic carbocycles. The number of carbonyl (C=O) groups excluding carboxylic acids is 2. The molecule has 2 rings (SSSR count). The summed E-state index contributed by atoms with van der Waals surface area (Å²) in [4.78, 5) is 25.2. The molecule has 1 fully saturated rings. The molecule has 1 amide bonds. The van der Waals surface area contributed by atoms with Crippen molar-refractivity contribution >= 4 is 11.9 Å².